The summed E-state index contributed by atoms with van der Waals surface area (Å²) in [6.45, 7) is 50.3. The van der Waals surface area contributed by atoms with Crippen molar-refractivity contribution in [3.8, 4) is 28.2 Å². The standard InChI is InChI=1S/C82H86BN3Si/c1-76(2,3)45-22-28-52(29-23-45)84-61-32-26-46(77(4,5)6)36-57(61)69-64(84)44-60-74-70(69)58-37-47(78(7,8)9)27-33-62(58)85(74)63-34-35-65-75-71(63)83(60)59-40-50(81(16,17)18)38-55-56-39-51(82(19,20)21)43-68(73(56)86(75)72(55)59)87(65)66-41-48(79(10,11)12)24-30-53(66)54-31-25-49(42-67(54)87)80(13,14)15/h22-44H,1-21H3. The first-order valence-corrected chi connectivity index (χ1v) is 34.4. The van der Waals surface area contributed by atoms with Crippen LogP contribution in [0.1, 0.15) is 184 Å². The number of rotatable bonds is 1. The van der Waals surface area contributed by atoms with E-state index in [-0.39, 0.29) is 44.6 Å². The highest BCUT2D eigenvalue weighted by Gasteiger charge is 2.57. The summed E-state index contributed by atoms with van der Waals surface area (Å²) < 4.78 is 8.27. The second kappa shape index (κ2) is 16.7. The summed E-state index contributed by atoms with van der Waals surface area (Å²) in [4.78, 5) is 0. The molecule has 0 N–H and O–H groups in total. The molecule has 9 aromatic carbocycles. The molecule has 0 bridgehead atoms. The summed E-state index contributed by atoms with van der Waals surface area (Å²) in [5.41, 5.74) is 28.2. The minimum Gasteiger partial charge on any atom is -0.310 e. The van der Waals surface area contributed by atoms with Crippen LogP contribution in [0.25, 0.3) is 93.6 Å². The number of benzene rings is 9. The topological polar surface area (TPSA) is 14.8 Å². The van der Waals surface area contributed by atoms with Gasteiger partial charge in [-0.2, -0.15) is 0 Å². The quantitative estimate of drug-likeness (QED) is 0.146. The van der Waals surface area contributed by atoms with Crippen molar-refractivity contribution in [2.75, 3.05) is 0 Å². The fraction of sp³-hybridized carbons (Fsp3) is 0.341. The maximum atomic E-state index is 2.86. The van der Waals surface area contributed by atoms with E-state index in [1.165, 1.54) is 154 Å². The Bertz CT molecular complexity index is 5050. The molecule has 4 aliphatic heterocycles. The van der Waals surface area contributed by atoms with Crippen molar-refractivity contribution in [1.29, 1.82) is 0 Å². The Morgan fingerprint density at radius 3 is 1.25 bits per heavy atom. The van der Waals surface area contributed by atoms with Crippen LogP contribution in [-0.4, -0.2) is 28.5 Å². The Balaban J connectivity index is 1.16. The lowest BCUT2D eigenvalue weighted by atomic mass is 9.34. The third-order valence-electron chi connectivity index (χ3n) is 21.5. The lowest BCUT2D eigenvalue weighted by molar-refractivity contribution is 0.590. The minimum absolute atomic E-state index is 0.0235. The molecule has 436 valence electrons. The molecule has 12 aromatic rings. The van der Waals surface area contributed by atoms with Gasteiger partial charge in [-0.1, -0.05) is 224 Å². The zero-order valence-corrected chi connectivity index (χ0v) is 56.7. The first-order valence-electron chi connectivity index (χ1n) is 32.4. The van der Waals surface area contributed by atoms with E-state index in [4.69, 9.17) is 0 Å². The van der Waals surface area contributed by atoms with E-state index in [0.29, 0.717) is 0 Å². The SMILES string of the molecule is CC(C)(C)c1ccc(-n2c3ccc(C(C)(C)C)cc3c3c4c5cc(C(C)(C)C)ccc5n5c4c(cc32)B2c3c-5ccc4c3-n3c5c2cc(C(C)(C)C)cc5c2cc(C(C)(C)C)cc(c23)[Si]42c3cc(C(C)(C)C)ccc3-c3ccc(C(C)(C)C)cc32)cc1. The lowest BCUT2D eigenvalue weighted by Crippen LogP contribution is -2.77. The summed E-state index contributed by atoms with van der Waals surface area (Å²) in [5.74, 6) is 0. The molecule has 7 heterocycles. The average Bonchev–Trinajstić information content (AvgIpc) is 1.53. The van der Waals surface area contributed by atoms with Gasteiger partial charge in [0.2, 0.25) is 0 Å². The van der Waals surface area contributed by atoms with Crippen LogP contribution in [0, 0.1) is 0 Å². The zero-order chi connectivity index (χ0) is 61.5. The van der Waals surface area contributed by atoms with Gasteiger partial charge in [0.25, 0.3) is 6.71 Å². The van der Waals surface area contributed by atoms with Crippen molar-refractivity contribution in [3.05, 3.63) is 178 Å². The first-order chi connectivity index (χ1) is 40.6. The molecular weight excluding hydrogens is 1070 g/mol. The van der Waals surface area contributed by atoms with Crippen LogP contribution in [0.3, 0.4) is 0 Å². The molecule has 1 spiro atoms. The molecule has 3 aromatic heterocycles. The zero-order valence-electron chi connectivity index (χ0n) is 55.7. The molecule has 16 rings (SSSR count). The van der Waals surface area contributed by atoms with Crippen LogP contribution in [-0.2, 0) is 37.9 Å². The van der Waals surface area contributed by atoms with Crippen molar-refractivity contribution in [2.24, 2.45) is 0 Å². The molecular formula is C82H86BN3Si. The fourth-order valence-corrected chi connectivity index (χ4v) is 22.2. The van der Waals surface area contributed by atoms with Gasteiger partial charge in [-0.15, -0.1) is 0 Å². The number of hydrogen-bond donors (Lipinski definition) is 0. The molecule has 87 heavy (non-hydrogen) atoms. The molecule has 4 aliphatic rings. The van der Waals surface area contributed by atoms with Crippen LogP contribution in [0.4, 0.5) is 0 Å². The summed E-state index contributed by atoms with van der Waals surface area (Å²) in [6.07, 6.45) is 0. The van der Waals surface area contributed by atoms with Crippen LogP contribution >= 0.6 is 0 Å². The molecule has 0 radical (unpaired) electrons. The van der Waals surface area contributed by atoms with Gasteiger partial charge in [0.1, 0.15) is 0 Å². The molecule has 3 nitrogen and oxygen atoms in total. The molecule has 5 heteroatoms. The van der Waals surface area contributed by atoms with Gasteiger partial charge in [-0.05, 0) is 186 Å². The van der Waals surface area contributed by atoms with E-state index in [9.17, 15) is 0 Å². The van der Waals surface area contributed by atoms with Gasteiger partial charge in [0.05, 0.1) is 27.6 Å². The molecule has 0 saturated carbocycles. The van der Waals surface area contributed by atoms with E-state index in [1.807, 2.05) is 0 Å². The second-order valence-corrected chi connectivity index (χ2v) is 38.0. The van der Waals surface area contributed by atoms with Crippen molar-refractivity contribution in [1.82, 2.24) is 13.7 Å². The third-order valence-corrected chi connectivity index (χ3v) is 26.3. The lowest BCUT2D eigenvalue weighted by Gasteiger charge is -2.43. The number of aromatic nitrogens is 3. The number of fused-ring (bicyclic) bond motifs is 18. The Hall–Kier alpha value is -7.34. The van der Waals surface area contributed by atoms with Crippen LogP contribution in [0.15, 0.2) is 140 Å². The predicted octanol–water partition coefficient (Wildman–Crippen LogP) is 16.9. The molecule has 0 atom stereocenters. The van der Waals surface area contributed by atoms with E-state index >= 15 is 0 Å². The van der Waals surface area contributed by atoms with E-state index in [1.54, 1.807) is 15.6 Å². The maximum Gasteiger partial charge on any atom is 0.252 e. The Morgan fingerprint density at radius 2 is 0.724 bits per heavy atom. The summed E-state index contributed by atoms with van der Waals surface area (Å²) in [6, 6.07) is 58.6. The minimum atomic E-state index is -3.23. The molecule has 0 fully saturated rings. The molecule has 0 amide bonds. The normalized spacial score (nSPS) is 15.3. The van der Waals surface area contributed by atoms with Gasteiger partial charge in [-0.25, -0.2) is 0 Å². The highest BCUT2D eigenvalue weighted by atomic mass is 28.3. The van der Waals surface area contributed by atoms with Crippen molar-refractivity contribution in [3.63, 3.8) is 0 Å². The van der Waals surface area contributed by atoms with Gasteiger partial charge in [0, 0.05) is 54.9 Å². The maximum absolute atomic E-state index is 3.23. The highest BCUT2D eigenvalue weighted by Crippen LogP contribution is 2.49. The predicted molar refractivity (Wildman–Crippen MR) is 381 cm³/mol. The highest BCUT2D eigenvalue weighted by molar-refractivity contribution is 7.24. The largest absolute Gasteiger partial charge is 0.310 e. The Kier molecular flexibility index (Phi) is 10.5. The second-order valence-electron chi connectivity index (χ2n) is 34.3. The van der Waals surface area contributed by atoms with Crippen molar-refractivity contribution in [2.45, 2.75) is 183 Å². The monoisotopic (exact) mass is 1150 g/mol. The smallest absolute Gasteiger partial charge is 0.252 e. The van der Waals surface area contributed by atoms with E-state index in [0.717, 1.165) is 0 Å². The molecule has 0 aliphatic carbocycles. The summed E-state index contributed by atoms with van der Waals surface area (Å²) in [7, 11) is -3.23. The average molecular weight is 1150 g/mol. The Morgan fingerprint density at radius 1 is 0.299 bits per heavy atom. The third kappa shape index (κ3) is 7.18. The molecule has 0 saturated heterocycles. The van der Waals surface area contributed by atoms with Crippen molar-refractivity contribution < 1.29 is 0 Å². The van der Waals surface area contributed by atoms with Crippen LogP contribution in [0.2, 0.25) is 0 Å². The van der Waals surface area contributed by atoms with Crippen molar-refractivity contribution >= 4 is 117 Å². The Labute approximate surface area is 517 Å². The van der Waals surface area contributed by atoms with Gasteiger partial charge >= 0.3 is 0 Å². The van der Waals surface area contributed by atoms with Gasteiger partial charge in [0.15, 0.2) is 8.07 Å². The summed E-state index contributed by atoms with van der Waals surface area (Å²) >= 11 is 0. The van der Waals surface area contributed by atoms with Gasteiger partial charge < -0.3 is 13.7 Å². The fourth-order valence-electron chi connectivity index (χ4n) is 16.5. The van der Waals surface area contributed by atoms with Crippen LogP contribution < -0.4 is 37.1 Å². The van der Waals surface area contributed by atoms with E-state index < -0.39 is 8.07 Å². The molecule has 0 unspecified atom stereocenters. The number of hydrogen-bond acceptors (Lipinski definition) is 0. The number of nitrogens with zero attached hydrogens (tertiary/aromatic N) is 3. The van der Waals surface area contributed by atoms with Gasteiger partial charge in [-0.3, -0.25) is 0 Å². The summed E-state index contributed by atoms with van der Waals surface area (Å²) in [5, 5.41) is 14.3. The van der Waals surface area contributed by atoms with E-state index in [2.05, 4.69) is 299 Å². The van der Waals surface area contributed by atoms with Crippen LogP contribution in [0.5, 0.6) is 0 Å². The first kappa shape index (κ1) is 55.0.